The van der Waals surface area contributed by atoms with Crippen molar-refractivity contribution in [1.82, 2.24) is 4.57 Å². The second-order valence-corrected chi connectivity index (χ2v) is 8.61. The van der Waals surface area contributed by atoms with Crippen molar-refractivity contribution in [3.63, 3.8) is 0 Å². The molecule has 142 valence electrons. The standard InChI is InChI=1S/C20H17N3O3S2/c1-3-8-22-15-6-4-12(2)9-17(15)28-20(22)21-19(24)18-11-13-10-14(23(25)26)5-7-16(13)27-18/h4-7,9-11H,3,8H2,1-2H3. The van der Waals surface area contributed by atoms with Gasteiger partial charge in [-0.25, -0.2) is 0 Å². The van der Waals surface area contributed by atoms with Crippen LogP contribution in [0.15, 0.2) is 47.5 Å². The first-order valence-electron chi connectivity index (χ1n) is 8.83. The Kier molecular flexibility index (Phi) is 4.82. The van der Waals surface area contributed by atoms with Crippen LogP contribution in [0.4, 0.5) is 5.69 Å². The van der Waals surface area contributed by atoms with Crippen LogP contribution in [-0.2, 0) is 6.54 Å². The lowest BCUT2D eigenvalue weighted by Gasteiger charge is -2.02. The van der Waals surface area contributed by atoms with E-state index in [0.717, 1.165) is 27.9 Å². The maximum Gasteiger partial charge on any atom is 0.289 e. The van der Waals surface area contributed by atoms with E-state index in [2.05, 4.69) is 34.7 Å². The van der Waals surface area contributed by atoms with Gasteiger partial charge in [0.2, 0.25) is 0 Å². The van der Waals surface area contributed by atoms with Gasteiger partial charge in [0.1, 0.15) is 0 Å². The van der Waals surface area contributed by atoms with Gasteiger partial charge < -0.3 is 4.57 Å². The summed E-state index contributed by atoms with van der Waals surface area (Å²) in [5.74, 6) is -0.322. The molecule has 8 heteroatoms. The Balaban J connectivity index is 1.80. The summed E-state index contributed by atoms with van der Waals surface area (Å²) in [7, 11) is 0. The van der Waals surface area contributed by atoms with Crippen LogP contribution in [0.5, 0.6) is 0 Å². The molecule has 0 aliphatic rings. The lowest BCUT2D eigenvalue weighted by molar-refractivity contribution is -0.384. The number of benzene rings is 2. The molecule has 0 atom stereocenters. The molecular formula is C20H17N3O3S2. The number of fused-ring (bicyclic) bond motifs is 2. The number of nitrogens with zero attached hydrogens (tertiary/aromatic N) is 3. The topological polar surface area (TPSA) is 77.5 Å². The number of thiazole rings is 1. The van der Waals surface area contributed by atoms with E-state index in [1.165, 1.54) is 40.4 Å². The van der Waals surface area contributed by atoms with Gasteiger partial charge in [-0.2, -0.15) is 4.99 Å². The maximum absolute atomic E-state index is 12.8. The quantitative estimate of drug-likeness (QED) is 0.338. The molecule has 4 aromatic rings. The Labute approximate surface area is 168 Å². The van der Waals surface area contributed by atoms with Crippen LogP contribution in [0.2, 0.25) is 0 Å². The molecule has 2 heterocycles. The monoisotopic (exact) mass is 411 g/mol. The fourth-order valence-corrected chi connectivity index (χ4v) is 5.18. The second kappa shape index (κ2) is 7.29. The van der Waals surface area contributed by atoms with Crippen LogP contribution >= 0.6 is 22.7 Å². The molecule has 0 fully saturated rings. The van der Waals surface area contributed by atoms with Gasteiger partial charge in [0.25, 0.3) is 11.6 Å². The number of hydrogen-bond donors (Lipinski definition) is 0. The van der Waals surface area contributed by atoms with Gasteiger partial charge >= 0.3 is 0 Å². The van der Waals surface area contributed by atoms with E-state index in [4.69, 9.17) is 0 Å². The molecule has 0 bridgehead atoms. The summed E-state index contributed by atoms with van der Waals surface area (Å²) in [4.78, 5) is 28.9. The van der Waals surface area contributed by atoms with Gasteiger partial charge in [0.05, 0.1) is 20.0 Å². The number of thiophene rings is 1. The number of nitro groups is 1. The van der Waals surface area contributed by atoms with Gasteiger partial charge in [-0.05, 0) is 43.2 Å². The summed E-state index contributed by atoms with van der Waals surface area (Å²) in [6, 6.07) is 12.5. The lowest BCUT2D eigenvalue weighted by atomic mass is 10.2. The fraction of sp³-hybridized carbons (Fsp3) is 0.200. The summed E-state index contributed by atoms with van der Waals surface area (Å²) in [6.45, 7) is 4.92. The van der Waals surface area contributed by atoms with E-state index in [-0.39, 0.29) is 11.6 Å². The Morgan fingerprint density at radius 1 is 1.14 bits per heavy atom. The van der Waals surface area contributed by atoms with Crippen molar-refractivity contribution >= 4 is 54.6 Å². The maximum atomic E-state index is 12.8. The summed E-state index contributed by atoms with van der Waals surface area (Å²) >= 11 is 2.81. The first-order chi connectivity index (χ1) is 13.5. The Bertz CT molecular complexity index is 1300. The van der Waals surface area contributed by atoms with Crippen molar-refractivity contribution in [2.45, 2.75) is 26.8 Å². The molecule has 0 spiro atoms. The van der Waals surface area contributed by atoms with Gasteiger partial charge in [0.15, 0.2) is 4.80 Å². The number of non-ortho nitro benzene ring substituents is 1. The van der Waals surface area contributed by atoms with Gasteiger partial charge in [-0.1, -0.05) is 24.3 Å². The summed E-state index contributed by atoms with van der Waals surface area (Å²) < 4.78 is 4.01. The minimum absolute atomic E-state index is 0.0156. The van der Waals surface area contributed by atoms with Crippen molar-refractivity contribution in [3.8, 4) is 0 Å². The molecule has 2 aromatic heterocycles. The smallest absolute Gasteiger partial charge is 0.289 e. The first kappa shape index (κ1) is 18.5. The Hall–Kier alpha value is -2.84. The third-order valence-electron chi connectivity index (χ3n) is 4.40. The molecule has 1 amide bonds. The molecule has 0 radical (unpaired) electrons. The third kappa shape index (κ3) is 3.36. The average Bonchev–Trinajstić information content (AvgIpc) is 3.22. The third-order valence-corrected chi connectivity index (χ3v) is 6.55. The van der Waals surface area contributed by atoms with Crippen LogP contribution in [0.25, 0.3) is 20.3 Å². The Morgan fingerprint density at radius 3 is 2.71 bits per heavy atom. The molecule has 2 aromatic carbocycles. The van der Waals surface area contributed by atoms with E-state index in [0.29, 0.717) is 15.1 Å². The number of amides is 1. The van der Waals surface area contributed by atoms with Gasteiger partial charge in [-0.3, -0.25) is 14.9 Å². The molecule has 0 saturated carbocycles. The molecule has 0 aliphatic carbocycles. The van der Waals surface area contributed by atoms with Crippen LogP contribution < -0.4 is 4.80 Å². The molecule has 0 aliphatic heterocycles. The fourth-order valence-electron chi connectivity index (χ4n) is 3.10. The number of nitro benzene ring substituents is 1. The van der Waals surface area contributed by atoms with E-state index < -0.39 is 4.92 Å². The number of carbonyl (C=O) groups is 1. The largest absolute Gasteiger partial charge is 0.316 e. The van der Waals surface area contributed by atoms with E-state index >= 15 is 0 Å². The van der Waals surface area contributed by atoms with Crippen molar-refractivity contribution in [3.05, 3.63) is 67.8 Å². The molecule has 0 saturated heterocycles. The molecule has 0 N–H and O–H groups in total. The van der Waals surface area contributed by atoms with Crippen molar-refractivity contribution in [2.24, 2.45) is 4.99 Å². The van der Waals surface area contributed by atoms with Gasteiger partial charge in [0, 0.05) is 28.8 Å². The van der Waals surface area contributed by atoms with Crippen LogP contribution in [0, 0.1) is 17.0 Å². The minimum atomic E-state index is -0.435. The molecular weight excluding hydrogens is 394 g/mol. The number of rotatable bonds is 4. The number of aromatic nitrogens is 1. The molecule has 4 rings (SSSR count). The SMILES string of the molecule is CCCn1c(=NC(=O)c2cc3cc([N+](=O)[O-])ccc3s2)sc2cc(C)ccc21. The molecule has 0 unspecified atom stereocenters. The van der Waals surface area contributed by atoms with Crippen molar-refractivity contribution in [1.29, 1.82) is 0 Å². The number of hydrogen-bond acceptors (Lipinski definition) is 5. The normalized spacial score (nSPS) is 12.1. The highest BCUT2D eigenvalue weighted by Crippen LogP contribution is 2.29. The van der Waals surface area contributed by atoms with E-state index in [1.54, 1.807) is 12.1 Å². The second-order valence-electron chi connectivity index (χ2n) is 6.51. The van der Waals surface area contributed by atoms with Gasteiger partial charge in [-0.15, -0.1) is 11.3 Å². The summed E-state index contributed by atoms with van der Waals surface area (Å²) in [5.41, 5.74) is 2.26. The average molecular weight is 412 g/mol. The zero-order valence-electron chi connectivity index (χ0n) is 15.3. The summed E-state index contributed by atoms with van der Waals surface area (Å²) in [5, 5.41) is 11.6. The highest BCUT2D eigenvalue weighted by Gasteiger charge is 2.14. The van der Waals surface area contributed by atoms with E-state index in [9.17, 15) is 14.9 Å². The van der Waals surface area contributed by atoms with E-state index in [1.807, 2.05) is 6.92 Å². The predicted octanol–water partition coefficient (Wildman–Crippen LogP) is 5.29. The summed E-state index contributed by atoms with van der Waals surface area (Å²) in [6.07, 6.45) is 0.938. The highest BCUT2D eigenvalue weighted by atomic mass is 32.1. The zero-order valence-corrected chi connectivity index (χ0v) is 17.0. The lowest BCUT2D eigenvalue weighted by Crippen LogP contribution is -2.16. The zero-order chi connectivity index (χ0) is 19.8. The minimum Gasteiger partial charge on any atom is -0.316 e. The van der Waals surface area contributed by atoms with Crippen LogP contribution in [0.1, 0.15) is 28.6 Å². The molecule has 6 nitrogen and oxygen atoms in total. The van der Waals surface area contributed by atoms with Crippen molar-refractivity contribution in [2.75, 3.05) is 0 Å². The number of carbonyl (C=O) groups excluding carboxylic acids is 1. The molecule has 28 heavy (non-hydrogen) atoms. The highest BCUT2D eigenvalue weighted by molar-refractivity contribution is 7.21. The van der Waals surface area contributed by atoms with Crippen LogP contribution in [-0.4, -0.2) is 15.4 Å². The predicted molar refractivity (Wildman–Crippen MR) is 113 cm³/mol. The number of aryl methyl sites for hydroxylation is 2. The Morgan fingerprint density at radius 2 is 1.96 bits per heavy atom. The van der Waals surface area contributed by atoms with Crippen LogP contribution in [0.3, 0.4) is 0 Å². The first-order valence-corrected chi connectivity index (χ1v) is 10.5. The van der Waals surface area contributed by atoms with Crippen molar-refractivity contribution < 1.29 is 9.72 Å².